The first kappa shape index (κ1) is 16.0. The minimum absolute atomic E-state index is 0.00465. The standard InChI is InChI=1S/C14H20F3NO/c1-3-9-18-13(12-7-5-4-6-8-12)10-19-11(2)14(15,16)17/h4-8,11,13,18H,3,9-10H2,1-2H3. The molecule has 0 amide bonds. The largest absolute Gasteiger partial charge is 0.414 e. The predicted molar refractivity (Wildman–Crippen MR) is 68.9 cm³/mol. The van der Waals surface area contributed by atoms with E-state index in [2.05, 4.69) is 5.32 Å². The zero-order chi connectivity index (χ0) is 14.3. The molecule has 0 radical (unpaired) electrons. The van der Waals surface area contributed by atoms with Crippen molar-refractivity contribution in [3.63, 3.8) is 0 Å². The summed E-state index contributed by atoms with van der Waals surface area (Å²) in [6.07, 6.45) is -5.15. The number of benzene rings is 1. The molecule has 2 atom stereocenters. The number of alkyl halides is 3. The molecule has 1 N–H and O–H groups in total. The maximum atomic E-state index is 12.4. The van der Waals surface area contributed by atoms with E-state index in [-0.39, 0.29) is 12.6 Å². The van der Waals surface area contributed by atoms with E-state index in [1.807, 2.05) is 37.3 Å². The van der Waals surface area contributed by atoms with Gasteiger partial charge in [-0.3, -0.25) is 0 Å². The van der Waals surface area contributed by atoms with Crippen LogP contribution in [-0.2, 0) is 4.74 Å². The third-order valence-corrected chi connectivity index (χ3v) is 2.82. The van der Waals surface area contributed by atoms with Crippen LogP contribution in [0.25, 0.3) is 0 Å². The van der Waals surface area contributed by atoms with Crippen LogP contribution in [0.4, 0.5) is 13.2 Å². The van der Waals surface area contributed by atoms with Crippen LogP contribution in [0.3, 0.4) is 0 Å². The molecule has 0 saturated carbocycles. The highest BCUT2D eigenvalue weighted by atomic mass is 19.4. The van der Waals surface area contributed by atoms with Crippen LogP contribution in [0.1, 0.15) is 31.9 Å². The second-order valence-corrected chi connectivity index (χ2v) is 4.43. The molecule has 1 rings (SSSR count). The van der Waals surface area contributed by atoms with Crippen LogP contribution in [-0.4, -0.2) is 25.4 Å². The van der Waals surface area contributed by atoms with Gasteiger partial charge in [-0.15, -0.1) is 0 Å². The summed E-state index contributed by atoms with van der Waals surface area (Å²) in [4.78, 5) is 0. The van der Waals surface area contributed by atoms with Crippen LogP contribution in [0.2, 0.25) is 0 Å². The van der Waals surface area contributed by atoms with Gasteiger partial charge in [-0.2, -0.15) is 13.2 Å². The van der Waals surface area contributed by atoms with E-state index in [0.717, 1.165) is 25.5 Å². The average Bonchev–Trinajstić information content (AvgIpc) is 2.38. The highest BCUT2D eigenvalue weighted by Crippen LogP contribution is 2.24. The Bertz CT molecular complexity index is 353. The highest BCUT2D eigenvalue weighted by molar-refractivity contribution is 5.18. The average molecular weight is 275 g/mol. The molecule has 108 valence electrons. The maximum Gasteiger partial charge on any atom is 0.414 e. The SMILES string of the molecule is CCCNC(COC(C)C(F)(F)F)c1ccccc1. The van der Waals surface area contributed by atoms with Gasteiger partial charge in [-0.25, -0.2) is 0 Å². The van der Waals surface area contributed by atoms with Crippen molar-refractivity contribution in [2.24, 2.45) is 0 Å². The molecule has 0 aliphatic carbocycles. The van der Waals surface area contributed by atoms with Crippen molar-refractivity contribution in [1.29, 1.82) is 0 Å². The predicted octanol–water partition coefficient (Wildman–Crippen LogP) is 3.69. The smallest absolute Gasteiger partial charge is 0.367 e. The van der Waals surface area contributed by atoms with Gasteiger partial charge in [-0.1, -0.05) is 37.3 Å². The molecule has 5 heteroatoms. The van der Waals surface area contributed by atoms with Crippen molar-refractivity contribution < 1.29 is 17.9 Å². The number of hydrogen-bond acceptors (Lipinski definition) is 2. The third-order valence-electron chi connectivity index (χ3n) is 2.82. The van der Waals surface area contributed by atoms with E-state index in [0.29, 0.717) is 0 Å². The minimum atomic E-state index is -4.31. The Morgan fingerprint density at radius 1 is 1.21 bits per heavy atom. The summed E-state index contributed by atoms with van der Waals surface area (Å²) in [5.41, 5.74) is 0.935. The number of halogens is 3. The van der Waals surface area contributed by atoms with E-state index >= 15 is 0 Å². The Hall–Kier alpha value is -1.07. The Morgan fingerprint density at radius 2 is 1.84 bits per heavy atom. The zero-order valence-corrected chi connectivity index (χ0v) is 11.2. The molecule has 0 aliphatic heterocycles. The van der Waals surface area contributed by atoms with Gasteiger partial charge >= 0.3 is 6.18 Å². The lowest BCUT2D eigenvalue weighted by Gasteiger charge is -2.23. The van der Waals surface area contributed by atoms with Crippen molar-refractivity contribution in [2.45, 2.75) is 38.6 Å². The lowest BCUT2D eigenvalue weighted by atomic mass is 10.1. The molecular formula is C14H20F3NO. The van der Waals surface area contributed by atoms with Crippen LogP contribution >= 0.6 is 0 Å². The second kappa shape index (κ2) is 7.50. The number of rotatable bonds is 7. The van der Waals surface area contributed by atoms with Crippen molar-refractivity contribution >= 4 is 0 Å². The van der Waals surface area contributed by atoms with Gasteiger partial charge in [0.05, 0.1) is 12.6 Å². The minimum Gasteiger partial charge on any atom is -0.367 e. The molecule has 0 bridgehead atoms. The summed E-state index contributed by atoms with van der Waals surface area (Å²) in [6.45, 7) is 3.78. The van der Waals surface area contributed by atoms with Gasteiger partial charge in [0.1, 0.15) is 0 Å². The molecule has 0 spiro atoms. The fourth-order valence-electron chi connectivity index (χ4n) is 1.61. The molecular weight excluding hydrogens is 255 g/mol. The summed E-state index contributed by atoms with van der Waals surface area (Å²) in [5.74, 6) is 0. The van der Waals surface area contributed by atoms with E-state index < -0.39 is 12.3 Å². The van der Waals surface area contributed by atoms with E-state index in [4.69, 9.17) is 4.74 Å². The van der Waals surface area contributed by atoms with Gasteiger partial charge in [0.2, 0.25) is 0 Å². The molecule has 0 fully saturated rings. The summed E-state index contributed by atoms with van der Waals surface area (Å²) in [6, 6.07) is 9.15. The van der Waals surface area contributed by atoms with Crippen LogP contribution in [0, 0.1) is 0 Å². The zero-order valence-electron chi connectivity index (χ0n) is 11.2. The first-order valence-corrected chi connectivity index (χ1v) is 6.41. The van der Waals surface area contributed by atoms with Gasteiger partial charge < -0.3 is 10.1 Å². The first-order valence-electron chi connectivity index (χ1n) is 6.41. The summed E-state index contributed by atoms with van der Waals surface area (Å²) < 4.78 is 42.2. The molecule has 0 aliphatic rings. The molecule has 1 aromatic rings. The van der Waals surface area contributed by atoms with Gasteiger partial charge in [0.25, 0.3) is 0 Å². The van der Waals surface area contributed by atoms with Crippen LogP contribution in [0.15, 0.2) is 30.3 Å². The third kappa shape index (κ3) is 5.61. The van der Waals surface area contributed by atoms with Crippen molar-refractivity contribution in [3.05, 3.63) is 35.9 Å². The molecule has 0 aromatic heterocycles. The van der Waals surface area contributed by atoms with E-state index in [9.17, 15) is 13.2 Å². The number of nitrogens with one attached hydrogen (secondary N) is 1. The molecule has 2 unspecified atom stereocenters. The van der Waals surface area contributed by atoms with Gasteiger partial charge in [-0.05, 0) is 25.5 Å². The Balaban J connectivity index is 2.61. The number of ether oxygens (including phenoxy) is 1. The molecule has 19 heavy (non-hydrogen) atoms. The highest BCUT2D eigenvalue weighted by Gasteiger charge is 2.37. The fourth-order valence-corrected chi connectivity index (χ4v) is 1.61. The Morgan fingerprint density at radius 3 is 2.37 bits per heavy atom. The lowest BCUT2D eigenvalue weighted by molar-refractivity contribution is -0.215. The monoisotopic (exact) mass is 275 g/mol. The van der Waals surface area contributed by atoms with Crippen molar-refractivity contribution in [3.8, 4) is 0 Å². The van der Waals surface area contributed by atoms with Crippen LogP contribution in [0.5, 0.6) is 0 Å². The quantitative estimate of drug-likeness (QED) is 0.819. The summed E-state index contributed by atoms with van der Waals surface area (Å²) >= 11 is 0. The fraction of sp³-hybridized carbons (Fsp3) is 0.571. The topological polar surface area (TPSA) is 21.3 Å². The van der Waals surface area contributed by atoms with Crippen molar-refractivity contribution in [2.75, 3.05) is 13.2 Å². The normalized spacial score (nSPS) is 15.2. The van der Waals surface area contributed by atoms with Crippen LogP contribution < -0.4 is 5.32 Å². The van der Waals surface area contributed by atoms with E-state index in [1.54, 1.807) is 0 Å². The first-order chi connectivity index (χ1) is 8.95. The maximum absolute atomic E-state index is 12.4. The van der Waals surface area contributed by atoms with E-state index in [1.165, 1.54) is 0 Å². The summed E-state index contributed by atoms with van der Waals surface area (Å²) in [7, 11) is 0. The van der Waals surface area contributed by atoms with Crippen molar-refractivity contribution in [1.82, 2.24) is 5.32 Å². The molecule has 0 saturated heterocycles. The Kier molecular flexibility index (Phi) is 6.31. The molecule has 2 nitrogen and oxygen atoms in total. The Labute approximate surface area is 112 Å². The molecule has 1 aromatic carbocycles. The van der Waals surface area contributed by atoms with Gasteiger partial charge in [0, 0.05) is 0 Å². The number of hydrogen-bond donors (Lipinski definition) is 1. The van der Waals surface area contributed by atoms with Gasteiger partial charge in [0.15, 0.2) is 6.10 Å². The molecule has 0 heterocycles. The lowest BCUT2D eigenvalue weighted by Crippen LogP contribution is -2.33. The summed E-state index contributed by atoms with van der Waals surface area (Å²) in [5, 5.41) is 3.20. The second-order valence-electron chi connectivity index (χ2n) is 4.43.